The maximum Gasteiger partial charge on any atom is 0.263 e. The Morgan fingerprint density at radius 3 is 2.80 bits per heavy atom. The molecule has 20 heavy (non-hydrogen) atoms. The Morgan fingerprint density at radius 1 is 1.35 bits per heavy atom. The van der Waals surface area contributed by atoms with Crippen LogP contribution in [0, 0.1) is 5.82 Å². The van der Waals surface area contributed by atoms with E-state index in [2.05, 4.69) is 31.2 Å². The van der Waals surface area contributed by atoms with Crippen molar-refractivity contribution in [2.24, 2.45) is 7.05 Å². The lowest BCUT2D eigenvalue weighted by molar-refractivity contribution is 0.432. The Labute approximate surface area is 121 Å². The highest BCUT2D eigenvalue weighted by Gasteiger charge is 2.17. The maximum absolute atomic E-state index is 13.1. The van der Waals surface area contributed by atoms with Crippen molar-refractivity contribution < 1.29 is 8.91 Å². The molecule has 0 spiro atoms. The number of rotatable bonds is 2. The molecule has 0 saturated carbocycles. The van der Waals surface area contributed by atoms with Crippen molar-refractivity contribution >= 4 is 21.7 Å². The van der Waals surface area contributed by atoms with E-state index < -0.39 is 0 Å². The van der Waals surface area contributed by atoms with Crippen LogP contribution in [0.15, 0.2) is 33.4 Å². The summed E-state index contributed by atoms with van der Waals surface area (Å²) in [7, 11) is 1.71. The van der Waals surface area contributed by atoms with E-state index in [0.29, 0.717) is 27.2 Å². The monoisotopic (exact) mass is 337 g/mol. The van der Waals surface area contributed by atoms with Crippen LogP contribution in [0.3, 0.4) is 0 Å². The van der Waals surface area contributed by atoms with Crippen LogP contribution in [0.25, 0.3) is 22.8 Å². The fraction of sp³-hybridized carbons (Fsp3) is 0.0833. The summed E-state index contributed by atoms with van der Waals surface area (Å²) in [6, 6.07) is 4.24. The van der Waals surface area contributed by atoms with E-state index in [1.165, 1.54) is 16.8 Å². The van der Waals surface area contributed by atoms with E-state index in [4.69, 9.17) is 10.3 Å². The van der Waals surface area contributed by atoms with Crippen molar-refractivity contribution in [1.82, 2.24) is 19.9 Å². The van der Waals surface area contributed by atoms with E-state index in [9.17, 15) is 4.39 Å². The highest BCUT2D eigenvalue weighted by molar-refractivity contribution is 9.10. The Kier molecular flexibility index (Phi) is 3.01. The molecule has 0 aliphatic rings. The number of hydrogen-bond donors (Lipinski definition) is 1. The van der Waals surface area contributed by atoms with Crippen LogP contribution < -0.4 is 5.73 Å². The van der Waals surface area contributed by atoms with Crippen LogP contribution in [0.1, 0.15) is 0 Å². The van der Waals surface area contributed by atoms with E-state index >= 15 is 0 Å². The number of aryl methyl sites for hydroxylation is 1. The number of anilines is 1. The molecule has 0 bridgehead atoms. The van der Waals surface area contributed by atoms with Crippen molar-refractivity contribution in [3.63, 3.8) is 0 Å². The Hall–Kier alpha value is -2.22. The zero-order valence-corrected chi connectivity index (χ0v) is 11.9. The molecular formula is C12H9BrFN5O. The van der Waals surface area contributed by atoms with Gasteiger partial charge in [-0.1, -0.05) is 5.16 Å². The molecule has 2 heterocycles. The molecule has 0 atom stereocenters. The van der Waals surface area contributed by atoms with Gasteiger partial charge in [0.2, 0.25) is 5.82 Å². The molecule has 3 rings (SSSR count). The number of aromatic nitrogens is 4. The molecule has 0 saturated heterocycles. The highest BCUT2D eigenvalue weighted by atomic mass is 79.9. The topological polar surface area (TPSA) is 82.8 Å². The van der Waals surface area contributed by atoms with Crippen LogP contribution in [-0.4, -0.2) is 19.9 Å². The summed E-state index contributed by atoms with van der Waals surface area (Å²) in [4.78, 5) is 4.25. The van der Waals surface area contributed by atoms with Gasteiger partial charge in [0.15, 0.2) is 0 Å². The predicted molar refractivity (Wildman–Crippen MR) is 74.0 cm³/mol. The minimum atomic E-state index is -0.346. The average Bonchev–Trinajstić information content (AvgIpc) is 2.98. The van der Waals surface area contributed by atoms with E-state index in [0.717, 1.165) is 0 Å². The van der Waals surface area contributed by atoms with Crippen molar-refractivity contribution in [1.29, 1.82) is 0 Å². The quantitative estimate of drug-likeness (QED) is 0.777. The predicted octanol–water partition coefficient (Wildman–Crippen LogP) is 2.62. The van der Waals surface area contributed by atoms with Gasteiger partial charge in [0.05, 0.1) is 6.20 Å². The normalized spacial score (nSPS) is 10.9. The molecule has 0 aliphatic carbocycles. The van der Waals surface area contributed by atoms with Gasteiger partial charge in [0.1, 0.15) is 17.2 Å². The van der Waals surface area contributed by atoms with Crippen LogP contribution >= 0.6 is 15.9 Å². The third kappa shape index (κ3) is 2.07. The van der Waals surface area contributed by atoms with Gasteiger partial charge < -0.3 is 10.3 Å². The first-order valence-electron chi connectivity index (χ1n) is 5.63. The molecule has 2 N–H and O–H groups in total. The van der Waals surface area contributed by atoms with Crippen LogP contribution in [-0.2, 0) is 7.05 Å². The fourth-order valence-corrected chi connectivity index (χ4v) is 2.25. The smallest absolute Gasteiger partial charge is 0.263 e. The Morgan fingerprint density at radius 2 is 2.15 bits per heavy atom. The zero-order chi connectivity index (χ0) is 14.3. The largest absolute Gasteiger partial charge is 0.383 e. The van der Waals surface area contributed by atoms with Gasteiger partial charge in [0, 0.05) is 17.1 Å². The molecule has 0 radical (unpaired) electrons. The lowest BCUT2D eigenvalue weighted by Crippen LogP contribution is -1.98. The van der Waals surface area contributed by atoms with Crippen LogP contribution in [0.2, 0.25) is 0 Å². The standard InChI is InChI=1S/C12H9BrFN5O/c1-19-10(15)8(5-16-19)12-17-11(18-20-12)7-3-2-6(14)4-9(7)13/h2-5H,15H2,1H3. The first-order valence-corrected chi connectivity index (χ1v) is 6.42. The van der Waals surface area contributed by atoms with Crippen LogP contribution in [0.5, 0.6) is 0 Å². The maximum atomic E-state index is 13.1. The lowest BCUT2D eigenvalue weighted by Gasteiger charge is -1.98. The first-order chi connectivity index (χ1) is 9.56. The van der Waals surface area contributed by atoms with Gasteiger partial charge in [-0.15, -0.1) is 0 Å². The summed E-state index contributed by atoms with van der Waals surface area (Å²) in [6.07, 6.45) is 1.55. The summed E-state index contributed by atoms with van der Waals surface area (Å²) in [6.45, 7) is 0. The van der Waals surface area contributed by atoms with Crippen molar-refractivity contribution in [2.45, 2.75) is 0 Å². The van der Waals surface area contributed by atoms with E-state index in [-0.39, 0.29) is 11.7 Å². The number of hydrogen-bond acceptors (Lipinski definition) is 5. The Bertz CT molecular complexity index is 782. The Balaban J connectivity index is 2.04. The van der Waals surface area contributed by atoms with Crippen molar-refractivity contribution in [2.75, 3.05) is 5.73 Å². The highest BCUT2D eigenvalue weighted by Crippen LogP contribution is 2.30. The second-order valence-corrected chi connectivity index (χ2v) is 4.97. The van der Waals surface area contributed by atoms with Gasteiger partial charge in [-0.3, -0.25) is 4.68 Å². The summed E-state index contributed by atoms with van der Waals surface area (Å²) in [5.41, 5.74) is 7.03. The number of nitrogens with zero attached hydrogens (tertiary/aromatic N) is 4. The number of halogens is 2. The molecule has 0 aliphatic heterocycles. The fourth-order valence-electron chi connectivity index (χ4n) is 1.72. The van der Waals surface area contributed by atoms with Gasteiger partial charge in [-0.2, -0.15) is 10.1 Å². The zero-order valence-electron chi connectivity index (χ0n) is 10.3. The van der Waals surface area contributed by atoms with Gasteiger partial charge in [0.25, 0.3) is 5.89 Å². The van der Waals surface area contributed by atoms with E-state index in [1.54, 1.807) is 19.3 Å². The third-order valence-electron chi connectivity index (χ3n) is 2.81. The number of benzene rings is 1. The second-order valence-electron chi connectivity index (χ2n) is 4.11. The molecule has 3 aromatic rings. The molecule has 0 amide bonds. The summed E-state index contributed by atoms with van der Waals surface area (Å²) >= 11 is 3.27. The molecule has 6 nitrogen and oxygen atoms in total. The summed E-state index contributed by atoms with van der Waals surface area (Å²) in [5.74, 6) is 0.691. The lowest BCUT2D eigenvalue weighted by atomic mass is 10.2. The van der Waals surface area contributed by atoms with Gasteiger partial charge in [-0.25, -0.2) is 4.39 Å². The van der Waals surface area contributed by atoms with Crippen LogP contribution in [0.4, 0.5) is 10.2 Å². The SMILES string of the molecule is Cn1ncc(-c2nc(-c3ccc(F)cc3Br)no2)c1N. The molecule has 0 fully saturated rings. The summed E-state index contributed by atoms with van der Waals surface area (Å²) < 4.78 is 20.3. The number of nitrogen functional groups attached to an aromatic ring is 1. The minimum absolute atomic E-state index is 0.266. The molecule has 8 heteroatoms. The van der Waals surface area contributed by atoms with Gasteiger partial charge in [-0.05, 0) is 34.1 Å². The first kappa shape index (κ1) is 12.8. The summed E-state index contributed by atoms with van der Waals surface area (Å²) in [5, 5.41) is 7.88. The van der Waals surface area contributed by atoms with Crippen molar-refractivity contribution in [3.8, 4) is 22.8 Å². The third-order valence-corrected chi connectivity index (χ3v) is 3.47. The van der Waals surface area contributed by atoms with Gasteiger partial charge >= 0.3 is 0 Å². The van der Waals surface area contributed by atoms with E-state index in [1.807, 2.05) is 0 Å². The molecule has 102 valence electrons. The minimum Gasteiger partial charge on any atom is -0.383 e. The number of nitrogens with two attached hydrogens (primary N) is 1. The molecular weight excluding hydrogens is 329 g/mol. The molecule has 1 aromatic carbocycles. The average molecular weight is 338 g/mol. The molecule has 0 unspecified atom stereocenters. The van der Waals surface area contributed by atoms with Crippen molar-refractivity contribution in [3.05, 3.63) is 34.7 Å². The second kappa shape index (κ2) is 4.71. The molecule has 2 aromatic heterocycles.